The first-order valence-corrected chi connectivity index (χ1v) is 10.0. The lowest BCUT2D eigenvalue weighted by Gasteiger charge is -2.16. The van der Waals surface area contributed by atoms with Crippen LogP contribution in [0.25, 0.3) is 6.08 Å². The molecule has 7 nitrogen and oxygen atoms in total. The van der Waals surface area contributed by atoms with E-state index in [1.54, 1.807) is 0 Å². The maximum atomic E-state index is 11.4. The van der Waals surface area contributed by atoms with Gasteiger partial charge in [0.15, 0.2) is 5.79 Å². The Bertz CT molecular complexity index is 695. The highest BCUT2D eigenvalue weighted by molar-refractivity contribution is 5.69. The van der Waals surface area contributed by atoms with Crippen LogP contribution in [0.4, 0.5) is 0 Å². The second kappa shape index (κ2) is 9.67. The van der Waals surface area contributed by atoms with Gasteiger partial charge < -0.3 is 23.9 Å². The van der Waals surface area contributed by atoms with Crippen LogP contribution in [-0.4, -0.2) is 45.7 Å². The number of aromatic nitrogens is 2. The standard InChI is InChI=1S/C21H34N2O5/c1-7-9-16(24)20-15(22-14(2)23(20)5)12-13-18-17(27-21(3,4)28-18)10-8-11-19(25)26-6/h12-13,16-18,24H,7-11H2,1-6H3/b13-12+/t16-,17?,18?/m0/s1. The number of rotatable bonds is 9. The highest BCUT2D eigenvalue weighted by Crippen LogP contribution is 2.32. The summed E-state index contributed by atoms with van der Waals surface area (Å²) < 4.78 is 18.7. The molecular weight excluding hydrogens is 360 g/mol. The molecule has 1 fully saturated rings. The molecule has 0 aromatic carbocycles. The van der Waals surface area contributed by atoms with Crippen LogP contribution in [0.5, 0.6) is 0 Å². The van der Waals surface area contributed by atoms with E-state index in [9.17, 15) is 9.90 Å². The molecule has 0 saturated carbocycles. The fraction of sp³-hybridized carbons (Fsp3) is 0.714. The molecule has 1 N–H and O–H groups in total. The first kappa shape index (κ1) is 22.6. The van der Waals surface area contributed by atoms with Gasteiger partial charge in [-0.2, -0.15) is 0 Å². The zero-order valence-corrected chi connectivity index (χ0v) is 17.9. The zero-order chi connectivity index (χ0) is 20.9. The van der Waals surface area contributed by atoms with Crippen molar-refractivity contribution >= 4 is 12.0 Å². The van der Waals surface area contributed by atoms with Gasteiger partial charge in [-0.15, -0.1) is 0 Å². The fourth-order valence-electron chi connectivity index (χ4n) is 3.56. The molecule has 2 rings (SSSR count). The minimum absolute atomic E-state index is 0.148. The quantitative estimate of drug-likeness (QED) is 0.646. The van der Waals surface area contributed by atoms with Gasteiger partial charge >= 0.3 is 5.97 Å². The normalized spacial score (nSPS) is 22.7. The SMILES string of the molecule is CCC[C@H](O)c1c(/C=C/C2OC(C)(C)OC2CCCC(=O)OC)nc(C)n1C. The number of aliphatic hydroxyl groups is 1. The molecule has 0 bridgehead atoms. The van der Waals surface area contributed by atoms with Crippen molar-refractivity contribution in [2.24, 2.45) is 7.05 Å². The number of aryl methyl sites for hydroxylation is 1. The van der Waals surface area contributed by atoms with Crippen LogP contribution < -0.4 is 0 Å². The maximum absolute atomic E-state index is 11.4. The molecule has 28 heavy (non-hydrogen) atoms. The van der Waals surface area contributed by atoms with Gasteiger partial charge in [-0.1, -0.05) is 19.4 Å². The third kappa shape index (κ3) is 5.65. The molecule has 7 heteroatoms. The number of ether oxygens (including phenoxy) is 3. The van der Waals surface area contributed by atoms with E-state index in [0.717, 1.165) is 23.6 Å². The van der Waals surface area contributed by atoms with Crippen LogP contribution in [0.15, 0.2) is 6.08 Å². The summed E-state index contributed by atoms with van der Waals surface area (Å²) >= 11 is 0. The molecular formula is C21H34N2O5. The Labute approximate surface area is 167 Å². The van der Waals surface area contributed by atoms with Crippen LogP contribution >= 0.6 is 0 Å². The Kier molecular flexibility index (Phi) is 7.80. The van der Waals surface area contributed by atoms with Crippen molar-refractivity contribution in [1.29, 1.82) is 0 Å². The monoisotopic (exact) mass is 394 g/mol. The average molecular weight is 395 g/mol. The lowest BCUT2D eigenvalue weighted by atomic mass is 10.0. The van der Waals surface area contributed by atoms with Gasteiger partial charge in [-0.05, 0) is 46.1 Å². The van der Waals surface area contributed by atoms with Crippen molar-refractivity contribution in [1.82, 2.24) is 9.55 Å². The van der Waals surface area contributed by atoms with Crippen LogP contribution in [0.3, 0.4) is 0 Å². The van der Waals surface area contributed by atoms with E-state index in [4.69, 9.17) is 14.2 Å². The summed E-state index contributed by atoms with van der Waals surface area (Å²) in [4.78, 5) is 15.9. The topological polar surface area (TPSA) is 82.8 Å². The molecule has 0 aliphatic carbocycles. The minimum Gasteiger partial charge on any atom is -0.469 e. The van der Waals surface area contributed by atoms with Crippen molar-refractivity contribution in [2.75, 3.05) is 7.11 Å². The third-order valence-electron chi connectivity index (χ3n) is 5.03. The molecule has 1 aromatic rings. The molecule has 1 aromatic heterocycles. The number of hydrogen-bond donors (Lipinski definition) is 1. The second-order valence-corrected chi connectivity index (χ2v) is 7.76. The van der Waals surface area contributed by atoms with Gasteiger partial charge in [-0.25, -0.2) is 4.98 Å². The summed E-state index contributed by atoms with van der Waals surface area (Å²) in [6.45, 7) is 7.74. The van der Waals surface area contributed by atoms with Gasteiger partial charge in [-0.3, -0.25) is 4.79 Å². The second-order valence-electron chi connectivity index (χ2n) is 7.76. The molecule has 2 heterocycles. The Hall–Kier alpha value is -1.70. The van der Waals surface area contributed by atoms with Crippen LogP contribution in [0, 0.1) is 6.92 Å². The summed E-state index contributed by atoms with van der Waals surface area (Å²) in [5.41, 5.74) is 1.57. The van der Waals surface area contributed by atoms with Crippen molar-refractivity contribution in [2.45, 2.75) is 83.9 Å². The molecule has 3 atom stereocenters. The average Bonchev–Trinajstić information content (AvgIpc) is 3.08. The number of carbonyl (C=O) groups is 1. The Morgan fingerprint density at radius 3 is 2.79 bits per heavy atom. The number of methoxy groups -OCH3 is 1. The van der Waals surface area contributed by atoms with E-state index in [1.165, 1.54) is 7.11 Å². The van der Waals surface area contributed by atoms with E-state index >= 15 is 0 Å². The molecule has 1 aliphatic rings. The van der Waals surface area contributed by atoms with Gasteiger partial charge in [0.05, 0.1) is 30.7 Å². The van der Waals surface area contributed by atoms with Crippen molar-refractivity contribution in [3.8, 4) is 0 Å². The number of imidazole rings is 1. The number of nitrogens with zero attached hydrogens (tertiary/aromatic N) is 2. The maximum Gasteiger partial charge on any atom is 0.305 e. The summed E-state index contributed by atoms with van der Waals surface area (Å²) in [7, 11) is 3.31. The Morgan fingerprint density at radius 2 is 2.14 bits per heavy atom. The van der Waals surface area contributed by atoms with E-state index in [-0.39, 0.29) is 18.2 Å². The Morgan fingerprint density at radius 1 is 1.43 bits per heavy atom. The van der Waals surface area contributed by atoms with Crippen LogP contribution in [0.2, 0.25) is 0 Å². The van der Waals surface area contributed by atoms with Gasteiger partial charge in [0.1, 0.15) is 11.9 Å². The van der Waals surface area contributed by atoms with Gasteiger partial charge in [0, 0.05) is 13.5 Å². The largest absolute Gasteiger partial charge is 0.469 e. The summed E-state index contributed by atoms with van der Waals surface area (Å²) in [6.07, 6.45) is 6.21. The molecule has 0 radical (unpaired) electrons. The van der Waals surface area contributed by atoms with Crippen LogP contribution in [-0.2, 0) is 26.1 Å². The number of aliphatic hydroxyl groups excluding tert-OH is 1. The van der Waals surface area contributed by atoms with E-state index in [2.05, 4.69) is 4.98 Å². The highest BCUT2D eigenvalue weighted by Gasteiger charge is 2.39. The lowest BCUT2D eigenvalue weighted by Crippen LogP contribution is -2.21. The van der Waals surface area contributed by atoms with Crippen molar-refractivity contribution in [3.63, 3.8) is 0 Å². The van der Waals surface area contributed by atoms with Crippen molar-refractivity contribution < 1.29 is 24.1 Å². The number of esters is 1. The first-order chi connectivity index (χ1) is 13.2. The summed E-state index contributed by atoms with van der Waals surface area (Å²) in [5.74, 6) is -0.0534. The molecule has 1 aliphatic heterocycles. The molecule has 158 valence electrons. The number of hydrogen-bond acceptors (Lipinski definition) is 6. The molecule has 2 unspecified atom stereocenters. The predicted octanol–water partition coefficient (Wildman–Crippen LogP) is 3.44. The lowest BCUT2D eigenvalue weighted by molar-refractivity contribution is -0.144. The van der Waals surface area contributed by atoms with Gasteiger partial charge in [0.25, 0.3) is 0 Å². The smallest absolute Gasteiger partial charge is 0.305 e. The predicted molar refractivity (Wildman–Crippen MR) is 107 cm³/mol. The fourth-order valence-corrected chi connectivity index (χ4v) is 3.56. The molecule has 1 saturated heterocycles. The first-order valence-electron chi connectivity index (χ1n) is 10.0. The van der Waals surface area contributed by atoms with E-state index in [0.29, 0.717) is 25.7 Å². The van der Waals surface area contributed by atoms with E-state index < -0.39 is 11.9 Å². The zero-order valence-electron chi connectivity index (χ0n) is 17.9. The summed E-state index contributed by atoms with van der Waals surface area (Å²) in [5, 5.41) is 10.5. The third-order valence-corrected chi connectivity index (χ3v) is 5.03. The van der Waals surface area contributed by atoms with E-state index in [1.807, 2.05) is 51.5 Å². The molecule has 0 amide bonds. The highest BCUT2D eigenvalue weighted by atomic mass is 16.7. The Balaban J connectivity index is 2.14. The number of carbonyl (C=O) groups excluding carboxylic acids is 1. The van der Waals surface area contributed by atoms with Gasteiger partial charge in [0.2, 0.25) is 0 Å². The van der Waals surface area contributed by atoms with Crippen molar-refractivity contribution in [3.05, 3.63) is 23.3 Å². The van der Waals surface area contributed by atoms with Crippen LogP contribution in [0.1, 0.15) is 76.2 Å². The minimum atomic E-state index is -0.685. The summed E-state index contributed by atoms with van der Waals surface area (Å²) in [6, 6.07) is 0. The molecule has 0 spiro atoms.